The molecule has 2 aromatic rings. The molecule has 1 fully saturated rings. The fraction of sp³-hybridized carbons (Fsp3) is 0.278. The van der Waals surface area contributed by atoms with Gasteiger partial charge in [-0.2, -0.15) is 4.31 Å². The van der Waals surface area contributed by atoms with Crippen LogP contribution in [0.3, 0.4) is 0 Å². The van der Waals surface area contributed by atoms with E-state index in [1.54, 1.807) is 41.3 Å². The second-order valence-corrected chi connectivity index (χ2v) is 7.99. The van der Waals surface area contributed by atoms with Gasteiger partial charge in [-0.1, -0.05) is 17.7 Å². The zero-order valence-corrected chi connectivity index (χ0v) is 14.7. The molecular weight excluding hydrogens is 340 g/mol. The summed E-state index contributed by atoms with van der Waals surface area (Å²) in [5, 5.41) is 9.30. The van der Waals surface area contributed by atoms with Gasteiger partial charge in [0, 0.05) is 31.7 Å². The number of phenols is 1. The van der Waals surface area contributed by atoms with E-state index in [1.807, 2.05) is 6.92 Å². The lowest BCUT2D eigenvalue weighted by atomic mass is 10.2. The van der Waals surface area contributed by atoms with Crippen LogP contribution in [0.5, 0.6) is 5.75 Å². The van der Waals surface area contributed by atoms with E-state index in [9.17, 15) is 18.3 Å². The normalized spacial score (nSPS) is 16.0. The molecule has 0 saturated carbocycles. The van der Waals surface area contributed by atoms with Crippen LogP contribution < -0.4 is 0 Å². The van der Waals surface area contributed by atoms with Crippen LogP contribution >= 0.6 is 0 Å². The van der Waals surface area contributed by atoms with Crippen LogP contribution in [0.15, 0.2) is 53.4 Å². The first-order valence-electron chi connectivity index (χ1n) is 8.03. The number of carbonyl (C=O) groups is 1. The van der Waals surface area contributed by atoms with E-state index in [4.69, 9.17) is 0 Å². The lowest BCUT2D eigenvalue weighted by molar-refractivity contribution is 0.0698. The lowest BCUT2D eigenvalue weighted by Crippen LogP contribution is -2.50. The highest BCUT2D eigenvalue weighted by Crippen LogP contribution is 2.19. The average Bonchev–Trinajstić information content (AvgIpc) is 2.62. The molecule has 0 aliphatic carbocycles. The molecule has 0 spiro atoms. The molecule has 132 valence electrons. The van der Waals surface area contributed by atoms with Gasteiger partial charge in [0.25, 0.3) is 5.91 Å². The Balaban J connectivity index is 1.68. The highest BCUT2D eigenvalue weighted by atomic mass is 32.2. The maximum absolute atomic E-state index is 12.7. The smallest absolute Gasteiger partial charge is 0.253 e. The molecule has 0 radical (unpaired) electrons. The first kappa shape index (κ1) is 17.4. The average molecular weight is 360 g/mol. The number of rotatable bonds is 3. The molecule has 7 heteroatoms. The summed E-state index contributed by atoms with van der Waals surface area (Å²) in [5.74, 6) is -0.0575. The Morgan fingerprint density at radius 1 is 0.920 bits per heavy atom. The van der Waals surface area contributed by atoms with Crippen molar-refractivity contribution >= 4 is 15.9 Å². The van der Waals surface area contributed by atoms with Gasteiger partial charge in [-0.15, -0.1) is 0 Å². The summed E-state index contributed by atoms with van der Waals surface area (Å²) in [6, 6.07) is 12.8. The van der Waals surface area contributed by atoms with Crippen LogP contribution in [-0.4, -0.2) is 54.8 Å². The van der Waals surface area contributed by atoms with E-state index in [0.29, 0.717) is 18.7 Å². The van der Waals surface area contributed by atoms with Crippen molar-refractivity contribution in [3.05, 3.63) is 59.7 Å². The Morgan fingerprint density at radius 3 is 2.04 bits per heavy atom. The molecule has 6 nitrogen and oxygen atoms in total. The SMILES string of the molecule is Cc1ccc(S(=O)(=O)N2CCN(C(=O)c3ccc(O)cc3)CC2)cc1. The molecular formula is C18H20N2O4S. The largest absolute Gasteiger partial charge is 0.508 e. The van der Waals surface area contributed by atoms with Crippen molar-refractivity contribution in [2.75, 3.05) is 26.2 Å². The number of phenolic OH excluding ortho intramolecular Hbond substituents is 1. The number of sulfonamides is 1. The topological polar surface area (TPSA) is 77.9 Å². The van der Waals surface area contributed by atoms with E-state index in [0.717, 1.165) is 5.56 Å². The summed E-state index contributed by atoms with van der Waals surface area (Å²) < 4.78 is 26.8. The van der Waals surface area contributed by atoms with E-state index in [2.05, 4.69) is 0 Å². The summed E-state index contributed by atoms with van der Waals surface area (Å²) in [6.07, 6.45) is 0. The number of amides is 1. The molecule has 0 unspecified atom stereocenters. The van der Waals surface area contributed by atoms with Crippen LogP contribution in [0.25, 0.3) is 0 Å². The van der Waals surface area contributed by atoms with Crippen molar-refractivity contribution in [3.8, 4) is 5.75 Å². The highest BCUT2D eigenvalue weighted by molar-refractivity contribution is 7.89. The minimum atomic E-state index is -3.54. The molecule has 0 aromatic heterocycles. The molecule has 0 atom stereocenters. The zero-order valence-electron chi connectivity index (χ0n) is 13.9. The standard InChI is InChI=1S/C18H20N2O4S/c1-14-2-8-17(9-3-14)25(23,24)20-12-10-19(11-13-20)18(22)15-4-6-16(21)7-5-15/h2-9,21H,10-13H2,1H3. The summed E-state index contributed by atoms with van der Waals surface area (Å²) in [5.41, 5.74) is 1.48. The molecule has 1 saturated heterocycles. The number of nitrogens with zero attached hydrogens (tertiary/aromatic N) is 2. The monoisotopic (exact) mass is 360 g/mol. The minimum absolute atomic E-state index is 0.102. The number of aryl methyl sites for hydroxylation is 1. The first-order valence-corrected chi connectivity index (χ1v) is 9.47. The Morgan fingerprint density at radius 2 is 1.48 bits per heavy atom. The van der Waals surface area contributed by atoms with Crippen molar-refractivity contribution in [2.24, 2.45) is 0 Å². The Kier molecular flexibility index (Phi) is 4.78. The lowest BCUT2D eigenvalue weighted by Gasteiger charge is -2.34. The van der Waals surface area contributed by atoms with Gasteiger partial charge >= 0.3 is 0 Å². The number of aromatic hydroxyl groups is 1. The number of hydrogen-bond donors (Lipinski definition) is 1. The van der Waals surface area contributed by atoms with Crippen molar-refractivity contribution in [2.45, 2.75) is 11.8 Å². The highest BCUT2D eigenvalue weighted by Gasteiger charge is 2.30. The summed E-state index contributed by atoms with van der Waals surface area (Å²) >= 11 is 0. The van der Waals surface area contributed by atoms with Gasteiger partial charge in [0.15, 0.2) is 0 Å². The fourth-order valence-corrected chi connectivity index (χ4v) is 4.20. The van der Waals surface area contributed by atoms with Crippen molar-refractivity contribution in [1.82, 2.24) is 9.21 Å². The Labute approximate surface area is 147 Å². The van der Waals surface area contributed by atoms with Gasteiger partial charge in [-0.05, 0) is 43.3 Å². The van der Waals surface area contributed by atoms with Gasteiger partial charge in [0.1, 0.15) is 5.75 Å². The molecule has 1 N–H and O–H groups in total. The van der Waals surface area contributed by atoms with Crippen molar-refractivity contribution in [3.63, 3.8) is 0 Å². The molecule has 1 heterocycles. The van der Waals surface area contributed by atoms with Gasteiger partial charge < -0.3 is 10.0 Å². The van der Waals surface area contributed by atoms with Gasteiger partial charge in [0.05, 0.1) is 4.90 Å². The van der Waals surface area contributed by atoms with Crippen LogP contribution in [0.2, 0.25) is 0 Å². The Hall–Kier alpha value is -2.38. The van der Waals surface area contributed by atoms with Crippen LogP contribution in [-0.2, 0) is 10.0 Å². The zero-order chi connectivity index (χ0) is 18.0. The number of benzene rings is 2. The van der Waals surface area contributed by atoms with E-state index < -0.39 is 10.0 Å². The molecule has 3 rings (SSSR count). The van der Waals surface area contributed by atoms with Crippen molar-refractivity contribution in [1.29, 1.82) is 0 Å². The van der Waals surface area contributed by atoms with Gasteiger partial charge in [-0.25, -0.2) is 8.42 Å². The number of hydrogen-bond acceptors (Lipinski definition) is 4. The maximum atomic E-state index is 12.7. The fourth-order valence-electron chi connectivity index (χ4n) is 2.78. The minimum Gasteiger partial charge on any atom is -0.508 e. The van der Waals surface area contributed by atoms with Crippen molar-refractivity contribution < 1.29 is 18.3 Å². The summed E-state index contributed by atoms with van der Waals surface area (Å²) in [7, 11) is -3.54. The second kappa shape index (κ2) is 6.85. The molecule has 1 aliphatic heterocycles. The van der Waals surface area contributed by atoms with Gasteiger partial charge in [-0.3, -0.25) is 4.79 Å². The summed E-state index contributed by atoms with van der Waals surface area (Å²) in [6.45, 7) is 3.11. The molecule has 1 amide bonds. The maximum Gasteiger partial charge on any atom is 0.253 e. The van der Waals surface area contributed by atoms with Crippen LogP contribution in [0.4, 0.5) is 0 Å². The van der Waals surface area contributed by atoms with E-state index in [-0.39, 0.29) is 29.6 Å². The van der Waals surface area contributed by atoms with E-state index >= 15 is 0 Å². The third-order valence-corrected chi connectivity index (χ3v) is 6.21. The quantitative estimate of drug-likeness (QED) is 0.906. The first-order chi connectivity index (χ1) is 11.9. The number of piperazine rings is 1. The number of carbonyl (C=O) groups excluding carboxylic acids is 1. The summed E-state index contributed by atoms with van der Waals surface area (Å²) in [4.78, 5) is 14.4. The molecule has 2 aromatic carbocycles. The predicted octanol–water partition coefficient (Wildman–Crippen LogP) is 1.85. The van der Waals surface area contributed by atoms with Crippen LogP contribution in [0.1, 0.15) is 15.9 Å². The Bertz CT molecular complexity index is 853. The third-order valence-electron chi connectivity index (χ3n) is 4.30. The van der Waals surface area contributed by atoms with E-state index in [1.165, 1.54) is 16.4 Å². The molecule has 1 aliphatic rings. The molecule has 25 heavy (non-hydrogen) atoms. The third kappa shape index (κ3) is 3.67. The van der Waals surface area contributed by atoms with Crippen LogP contribution in [0, 0.1) is 6.92 Å². The van der Waals surface area contributed by atoms with Gasteiger partial charge in [0.2, 0.25) is 10.0 Å². The second-order valence-electron chi connectivity index (χ2n) is 6.06. The molecule has 0 bridgehead atoms. The predicted molar refractivity (Wildman–Crippen MR) is 93.9 cm³/mol.